The van der Waals surface area contributed by atoms with Crippen LogP contribution in [0.3, 0.4) is 0 Å². The molecule has 2 nitrogen and oxygen atoms in total. The molecule has 24 heavy (non-hydrogen) atoms. The molecule has 1 N–H and O–H groups in total. The second-order valence-corrected chi connectivity index (χ2v) is 5.88. The van der Waals surface area contributed by atoms with E-state index in [0.717, 1.165) is 23.3 Å². The molecule has 0 radical (unpaired) electrons. The zero-order valence-corrected chi connectivity index (χ0v) is 13.6. The lowest BCUT2D eigenvalue weighted by atomic mass is 10.0. The first-order valence-electron chi connectivity index (χ1n) is 8.30. The lowest BCUT2D eigenvalue weighted by Gasteiger charge is -2.12. The minimum absolute atomic E-state index is 0.451. The van der Waals surface area contributed by atoms with E-state index >= 15 is 0 Å². The maximum Gasteiger partial charge on any atom is 0.119 e. The summed E-state index contributed by atoms with van der Waals surface area (Å²) < 4.78 is 5.77. The molecule has 0 aliphatic heterocycles. The van der Waals surface area contributed by atoms with Gasteiger partial charge in [0.2, 0.25) is 0 Å². The molecule has 1 atom stereocenters. The Morgan fingerprint density at radius 3 is 1.92 bits per heavy atom. The predicted octanol–water partition coefficient (Wildman–Crippen LogP) is 4.93. The van der Waals surface area contributed by atoms with E-state index in [1.54, 1.807) is 0 Å². The largest absolute Gasteiger partial charge is 0.489 e. The molecule has 0 spiro atoms. The van der Waals surface area contributed by atoms with Crippen LogP contribution in [0.2, 0.25) is 0 Å². The van der Waals surface area contributed by atoms with E-state index in [2.05, 4.69) is 12.1 Å². The SMILES string of the molecule is OC(CCc1ccccc1)c1ccc(OCc2ccccc2)cc1. The molecule has 0 saturated heterocycles. The van der Waals surface area contributed by atoms with E-state index in [1.165, 1.54) is 5.56 Å². The average Bonchev–Trinajstić information content (AvgIpc) is 2.66. The summed E-state index contributed by atoms with van der Waals surface area (Å²) in [5.41, 5.74) is 3.32. The Bertz CT molecular complexity index is 721. The minimum Gasteiger partial charge on any atom is -0.489 e. The molecule has 1 unspecified atom stereocenters. The summed E-state index contributed by atoms with van der Waals surface area (Å²) >= 11 is 0. The predicted molar refractivity (Wildman–Crippen MR) is 96.9 cm³/mol. The van der Waals surface area contributed by atoms with Crippen molar-refractivity contribution in [2.24, 2.45) is 0 Å². The topological polar surface area (TPSA) is 29.5 Å². The van der Waals surface area contributed by atoms with Crippen LogP contribution in [0, 0.1) is 0 Å². The van der Waals surface area contributed by atoms with Gasteiger partial charge < -0.3 is 9.84 Å². The summed E-state index contributed by atoms with van der Waals surface area (Å²) in [6, 6.07) is 28.1. The first-order valence-corrected chi connectivity index (χ1v) is 8.30. The van der Waals surface area contributed by atoms with Crippen molar-refractivity contribution in [2.75, 3.05) is 0 Å². The fourth-order valence-electron chi connectivity index (χ4n) is 2.64. The minimum atomic E-state index is -0.451. The highest BCUT2D eigenvalue weighted by Crippen LogP contribution is 2.22. The van der Waals surface area contributed by atoms with Gasteiger partial charge in [-0.25, -0.2) is 0 Å². The van der Waals surface area contributed by atoms with Gasteiger partial charge in [-0.05, 0) is 41.7 Å². The zero-order chi connectivity index (χ0) is 16.6. The zero-order valence-electron chi connectivity index (χ0n) is 13.6. The Hall–Kier alpha value is -2.58. The van der Waals surface area contributed by atoms with Gasteiger partial charge in [-0.3, -0.25) is 0 Å². The van der Waals surface area contributed by atoms with Crippen molar-refractivity contribution in [3.8, 4) is 5.75 Å². The van der Waals surface area contributed by atoms with Crippen LogP contribution in [0.25, 0.3) is 0 Å². The maximum absolute atomic E-state index is 10.3. The van der Waals surface area contributed by atoms with Crippen LogP contribution in [-0.2, 0) is 13.0 Å². The molecule has 3 aromatic carbocycles. The number of benzene rings is 3. The molecule has 3 aromatic rings. The van der Waals surface area contributed by atoms with Gasteiger partial charge in [-0.1, -0.05) is 72.8 Å². The Labute approximate surface area is 143 Å². The van der Waals surface area contributed by atoms with E-state index in [9.17, 15) is 5.11 Å². The van der Waals surface area contributed by atoms with Gasteiger partial charge in [0.1, 0.15) is 12.4 Å². The molecule has 0 heterocycles. The van der Waals surface area contributed by atoms with Crippen molar-refractivity contribution in [1.29, 1.82) is 0 Å². The van der Waals surface area contributed by atoms with E-state index in [-0.39, 0.29) is 0 Å². The maximum atomic E-state index is 10.3. The first-order chi connectivity index (χ1) is 11.8. The van der Waals surface area contributed by atoms with Crippen LogP contribution in [0.4, 0.5) is 0 Å². The smallest absolute Gasteiger partial charge is 0.119 e. The summed E-state index contributed by atoms with van der Waals surface area (Å²) in [6.07, 6.45) is 1.14. The number of hydrogen-bond donors (Lipinski definition) is 1. The van der Waals surface area contributed by atoms with Crippen LogP contribution in [-0.4, -0.2) is 5.11 Å². The summed E-state index contributed by atoms with van der Waals surface area (Å²) in [7, 11) is 0. The van der Waals surface area contributed by atoms with E-state index < -0.39 is 6.10 Å². The number of ether oxygens (including phenoxy) is 1. The second kappa shape index (κ2) is 8.32. The van der Waals surface area contributed by atoms with Crippen molar-refractivity contribution in [3.63, 3.8) is 0 Å². The van der Waals surface area contributed by atoms with Crippen molar-refractivity contribution in [1.82, 2.24) is 0 Å². The third-order valence-electron chi connectivity index (χ3n) is 4.06. The Morgan fingerprint density at radius 2 is 1.29 bits per heavy atom. The Balaban J connectivity index is 1.52. The molecule has 3 rings (SSSR count). The van der Waals surface area contributed by atoms with Crippen LogP contribution in [0.15, 0.2) is 84.9 Å². The molecule has 2 heteroatoms. The number of rotatable bonds is 7. The van der Waals surface area contributed by atoms with Gasteiger partial charge in [0.25, 0.3) is 0 Å². The van der Waals surface area contributed by atoms with Gasteiger partial charge >= 0.3 is 0 Å². The van der Waals surface area contributed by atoms with Gasteiger partial charge in [-0.15, -0.1) is 0 Å². The Kier molecular flexibility index (Phi) is 5.65. The van der Waals surface area contributed by atoms with Gasteiger partial charge in [0, 0.05) is 0 Å². The quantitative estimate of drug-likeness (QED) is 0.669. The molecule has 0 aliphatic rings. The summed E-state index contributed by atoms with van der Waals surface area (Å²) in [4.78, 5) is 0. The highest BCUT2D eigenvalue weighted by atomic mass is 16.5. The Morgan fingerprint density at radius 1 is 0.708 bits per heavy atom. The van der Waals surface area contributed by atoms with Crippen molar-refractivity contribution >= 4 is 0 Å². The molecular weight excluding hydrogens is 296 g/mol. The van der Waals surface area contributed by atoms with Crippen LogP contribution >= 0.6 is 0 Å². The number of aliphatic hydroxyl groups excluding tert-OH is 1. The molecular formula is C22H22O2. The summed E-state index contributed by atoms with van der Waals surface area (Å²) in [6.45, 7) is 0.552. The molecule has 0 saturated carbocycles. The first kappa shape index (κ1) is 16.3. The third-order valence-corrected chi connectivity index (χ3v) is 4.06. The van der Waals surface area contributed by atoms with E-state index in [1.807, 2.05) is 72.8 Å². The molecule has 0 bridgehead atoms. The van der Waals surface area contributed by atoms with Gasteiger partial charge in [0.05, 0.1) is 6.10 Å². The standard InChI is InChI=1S/C22H22O2/c23-22(16-11-18-7-3-1-4-8-18)20-12-14-21(15-13-20)24-17-19-9-5-2-6-10-19/h1-10,12-15,22-23H,11,16-17H2. The summed E-state index contributed by atoms with van der Waals surface area (Å²) in [5, 5.41) is 10.3. The monoisotopic (exact) mass is 318 g/mol. The van der Waals surface area contributed by atoms with E-state index in [0.29, 0.717) is 13.0 Å². The van der Waals surface area contributed by atoms with Crippen molar-refractivity contribution in [3.05, 3.63) is 102 Å². The molecule has 122 valence electrons. The number of hydrogen-bond acceptors (Lipinski definition) is 2. The third kappa shape index (κ3) is 4.71. The molecule has 0 fully saturated rings. The van der Waals surface area contributed by atoms with Gasteiger partial charge in [-0.2, -0.15) is 0 Å². The van der Waals surface area contributed by atoms with Gasteiger partial charge in [0.15, 0.2) is 0 Å². The molecule has 0 aromatic heterocycles. The highest BCUT2D eigenvalue weighted by Gasteiger charge is 2.08. The number of aliphatic hydroxyl groups is 1. The average molecular weight is 318 g/mol. The van der Waals surface area contributed by atoms with Crippen LogP contribution in [0.1, 0.15) is 29.2 Å². The van der Waals surface area contributed by atoms with Crippen LogP contribution < -0.4 is 4.74 Å². The summed E-state index contributed by atoms with van der Waals surface area (Å²) in [5.74, 6) is 0.817. The fourth-order valence-corrected chi connectivity index (χ4v) is 2.64. The lowest BCUT2D eigenvalue weighted by Crippen LogP contribution is -2.00. The van der Waals surface area contributed by atoms with Crippen molar-refractivity contribution in [2.45, 2.75) is 25.6 Å². The number of aryl methyl sites for hydroxylation is 1. The normalized spacial score (nSPS) is 11.9. The van der Waals surface area contributed by atoms with Crippen LogP contribution in [0.5, 0.6) is 5.75 Å². The molecule has 0 amide bonds. The van der Waals surface area contributed by atoms with E-state index in [4.69, 9.17) is 4.74 Å². The highest BCUT2D eigenvalue weighted by molar-refractivity contribution is 5.29. The fraction of sp³-hybridized carbons (Fsp3) is 0.182. The molecule has 0 aliphatic carbocycles. The lowest BCUT2D eigenvalue weighted by molar-refractivity contribution is 0.167. The van der Waals surface area contributed by atoms with Crippen molar-refractivity contribution < 1.29 is 9.84 Å². The second-order valence-electron chi connectivity index (χ2n) is 5.88.